The zero-order chi connectivity index (χ0) is 32.9. The number of carbonyl (C=O) groups excluding carboxylic acids is 1. The Bertz CT molecular complexity index is 1860. The quantitative estimate of drug-likeness (QED) is 0.235. The van der Waals surface area contributed by atoms with Gasteiger partial charge in [-0.2, -0.15) is 15.1 Å². The molecule has 4 aromatic rings. The number of carbonyl (C=O) groups is 1. The Hall–Kier alpha value is -3.81. The second kappa shape index (κ2) is 12.9. The average molecular weight is 679 g/mol. The van der Waals surface area contributed by atoms with Gasteiger partial charge in [0.1, 0.15) is 23.6 Å². The number of primary amides is 1. The Kier molecular flexibility index (Phi) is 8.46. The predicted molar refractivity (Wildman–Crippen MR) is 179 cm³/mol. The molecule has 0 spiro atoms. The zero-order valence-corrected chi connectivity index (χ0v) is 27.7. The fraction of sp³-hybridized carbons (Fsp3) is 0.559. The number of aromatic amines is 1. The van der Waals surface area contributed by atoms with E-state index >= 15 is 4.39 Å². The minimum Gasteiger partial charge on any atom is -0.462 e. The van der Waals surface area contributed by atoms with Crippen molar-refractivity contribution in [3.8, 4) is 17.3 Å². The van der Waals surface area contributed by atoms with Crippen LogP contribution >= 0.6 is 11.6 Å². The van der Waals surface area contributed by atoms with E-state index in [1.165, 1.54) is 0 Å². The normalized spacial score (nSPS) is 25.8. The van der Waals surface area contributed by atoms with Gasteiger partial charge in [-0.3, -0.25) is 15.0 Å². The van der Waals surface area contributed by atoms with E-state index < -0.39 is 11.9 Å². The highest BCUT2D eigenvalue weighted by molar-refractivity contribution is 6.33. The highest BCUT2D eigenvalue weighted by Gasteiger charge is 2.42. The highest BCUT2D eigenvalue weighted by atomic mass is 35.5. The molecule has 254 valence electrons. The lowest BCUT2D eigenvalue weighted by atomic mass is 9.94. The van der Waals surface area contributed by atoms with Crippen LogP contribution in [0.2, 0.25) is 5.02 Å². The molecule has 0 radical (unpaired) electrons. The molecule has 1 saturated carbocycles. The van der Waals surface area contributed by atoms with Crippen LogP contribution in [-0.2, 0) is 9.47 Å². The average Bonchev–Trinajstić information content (AvgIpc) is 3.46. The Morgan fingerprint density at radius 2 is 2.10 bits per heavy atom. The maximum Gasteiger partial charge on any atom is 0.404 e. The lowest BCUT2D eigenvalue weighted by Gasteiger charge is -2.34. The first kappa shape index (κ1) is 31.5. The molecule has 3 aromatic heterocycles. The Morgan fingerprint density at radius 1 is 1.21 bits per heavy atom. The van der Waals surface area contributed by atoms with E-state index in [4.69, 9.17) is 46.5 Å². The lowest BCUT2D eigenvalue weighted by molar-refractivity contribution is -0.0101. The minimum absolute atomic E-state index is 0.0327. The number of morpholine rings is 1. The van der Waals surface area contributed by atoms with Gasteiger partial charge < -0.3 is 24.8 Å². The second-order valence-corrected chi connectivity index (χ2v) is 14.2. The Balaban J connectivity index is 1.19. The van der Waals surface area contributed by atoms with E-state index in [0.29, 0.717) is 52.3 Å². The number of anilines is 1. The molecule has 8 rings (SSSR count). The molecule has 0 unspecified atom stereocenters. The van der Waals surface area contributed by atoms with Gasteiger partial charge in [0.05, 0.1) is 36.9 Å². The van der Waals surface area contributed by atoms with E-state index in [9.17, 15) is 4.79 Å². The van der Waals surface area contributed by atoms with Crippen molar-refractivity contribution in [1.82, 2.24) is 30.0 Å². The summed E-state index contributed by atoms with van der Waals surface area (Å²) >= 11 is 6.92. The van der Waals surface area contributed by atoms with Crippen molar-refractivity contribution < 1.29 is 23.4 Å². The summed E-state index contributed by atoms with van der Waals surface area (Å²) in [6.07, 6.45) is 8.24. The van der Waals surface area contributed by atoms with Crippen molar-refractivity contribution in [3.63, 3.8) is 0 Å². The first-order chi connectivity index (χ1) is 23.4. The van der Waals surface area contributed by atoms with Crippen molar-refractivity contribution in [1.29, 1.82) is 0 Å². The van der Waals surface area contributed by atoms with E-state index in [1.54, 1.807) is 12.4 Å². The zero-order valence-electron chi connectivity index (χ0n) is 27.0. The number of piperidine rings is 1. The van der Waals surface area contributed by atoms with Gasteiger partial charge in [-0.25, -0.2) is 9.18 Å². The third kappa shape index (κ3) is 5.90. The number of benzene rings is 1. The van der Waals surface area contributed by atoms with E-state index in [0.717, 1.165) is 75.9 Å². The number of nitrogens with zero attached hydrogens (tertiary/aromatic N) is 6. The van der Waals surface area contributed by atoms with Gasteiger partial charge in [0.2, 0.25) is 0 Å². The standard InChI is InChI=1S/C34H40ClFN8O4/c1-18-3-2-7-43(15-18)32-24-13-38-31(29(36)30(24)40-34(41-32)48-17-21-5-4-20-16-46-10-8-44(20)21)28-23-14-39-42-26(23)12-25(35)27(28)22-11-19(22)6-9-47-33(37)45/h12-14,18-22H,2-11,15-17H2,1H3,(H2,37,45)(H,39,42)/t18-,19+,20+,21+,22-/m0/s1. The third-order valence-corrected chi connectivity index (χ3v) is 10.9. The fourth-order valence-electron chi connectivity index (χ4n) is 8.10. The highest BCUT2D eigenvalue weighted by Crippen LogP contribution is 2.55. The summed E-state index contributed by atoms with van der Waals surface area (Å²) in [4.78, 5) is 30.2. The molecule has 4 aliphatic rings. The molecule has 5 atom stereocenters. The summed E-state index contributed by atoms with van der Waals surface area (Å²) in [6.45, 7) is 6.83. The Morgan fingerprint density at radius 3 is 2.96 bits per heavy atom. The number of halogens is 2. The molecular formula is C34H40ClFN8O4. The molecule has 4 fully saturated rings. The van der Waals surface area contributed by atoms with Gasteiger partial charge in [-0.1, -0.05) is 18.5 Å². The molecule has 0 bridgehead atoms. The molecule has 3 saturated heterocycles. The number of H-pyrrole nitrogens is 1. The van der Waals surface area contributed by atoms with Crippen LogP contribution in [0.1, 0.15) is 56.9 Å². The fourth-order valence-corrected chi connectivity index (χ4v) is 8.45. The van der Waals surface area contributed by atoms with Crippen LogP contribution in [0.25, 0.3) is 33.1 Å². The van der Waals surface area contributed by atoms with Crippen LogP contribution in [0, 0.1) is 17.7 Å². The van der Waals surface area contributed by atoms with Gasteiger partial charge >= 0.3 is 12.1 Å². The van der Waals surface area contributed by atoms with Crippen LogP contribution in [0.3, 0.4) is 0 Å². The first-order valence-corrected chi connectivity index (χ1v) is 17.4. The number of aromatic nitrogens is 5. The minimum atomic E-state index is -0.801. The number of fused-ring (bicyclic) bond motifs is 3. The lowest BCUT2D eigenvalue weighted by Crippen LogP contribution is -2.46. The maximum absolute atomic E-state index is 17.1. The van der Waals surface area contributed by atoms with Gasteiger partial charge in [0.25, 0.3) is 0 Å². The largest absolute Gasteiger partial charge is 0.462 e. The van der Waals surface area contributed by atoms with Crippen LogP contribution in [-0.4, -0.2) is 94.3 Å². The summed E-state index contributed by atoms with van der Waals surface area (Å²) in [5, 5.41) is 8.99. The smallest absolute Gasteiger partial charge is 0.404 e. The van der Waals surface area contributed by atoms with Crippen molar-refractivity contribution in [2.45, 2.75) is 63.5 Å². The molecule has 1 amide bonds. The molecule has 14 heteroatoms. The number of rotatable bonds is 9. The number of nitrogens with one attached hydrogen (secondary N) is 1. The van der Waals surface area contributed by atoms with Gasteiger partial charge in [-0.15, -0.1) is 0 Å². The van der Waals surface area contributed by atoms with Gasteiger partial charge in [0.15, 0.2) is 5.82 Å². The van der Waals surface area contributed by atoms with Crippen LogP contribution in [0.5, 0.6) is 6.01 Å². The topological polar surface area (TPSA) is 145 Å². The van der Waals surface area contributed by atoms with E-state index in [2.05, 4.69) is 26.9 Å². The molecule has 1 aromatic carbocycles. The van der Waals surface area contributed by atoms with Crippen molar-refractivity contribution >= 4 is 45.3 Å². The molecule has 6 heterocycles. The predicted octanol–water partition coefficient (Wildman–Crippen LogP) is 5.43. The molecular weight excluding hydrogens is 639 g/mol. The first-order valence-electron chi connectivity index (χ1n) is 17.0. The summed E-state index contributed by atoms with van der Waals surface area (Å²) in [5.74, 6) is 0.799. The number of pyridine rings is 1. The van der Waals surface area contributed by atoms with Gasteiger partial charge in [0, 0.05) is 53.9 Å². The molecule has 3 N–H and O–H groups in total. The van der Waals surface area contributed by atoms with E-state index in [1.807, 2.05) is 6.07 Å². The summed E-state index contributed by atoms with van der Waals surface area (Å²) in [6, 6.07) is 2.63. The van der Waals surface area contributed by atoms with Crippen LogP contribution < -0.4 is 15.4 Å². The monoisotopic (exact) mass is 678 g/mol. The number of nitrogens with two attached hydrogens (primary N) is 1. The number of ether oxygens (including phenoxy) is 3. The molecule has 12 nitrogen and oxygen atoms in total. The van der Waals surface area contributed by atoms with Crippen LogP contribution in [0.15, 0.2) is 18.5 Å². The molecule has 48 heavy (non-hydrogen) atoms. The third-order valence-electron chi connectivity index (χ3n) is 10.6. The number of amides is 1. The van der Waals surface area contributed by atoms with Crippen molar-refractivity contribution in [2.24, 2.45) is 17.6 Å². The van der Waals surface area contributed by atoms with Gasteiger partial charge in [-0.05, 0) is 67.9 Å². The van der Waals surface area contributed by atoms with Crippen molar-refractivity contribution in [3.05, 3.63) is 34.9 Å². The van der Waals surface area contributed by atoms with Crippen LogP contribution in [0.4, 0.5) is 15.0 Å². The molecule has 1 aliphatic carbocycles. The molecule has 3 aliphatic heterocycles. The number of hydrogen-bond donors (Lipinski definition) is 2. The Labute approximate surface area is 282 Å². The number of hydrogen-bond acceptors (Lipinski definition) is 10. The van der Waals surface area contributed by atoms with E-state index in [-0.39, 0.29) is 41.7 Å². The summed E-state index contributed by atoms with van der Waals surface area (Å²) in [5.41, 5.74) is 7.56. The summed E-state index contributed by atoms with van der Waals surface area (Å²) < 4.78 is 34.1. The van der Waals surface area contributed by atoms with Crippen molar-refractivity contribution in [2.75, 3.05) is 51.0 Å². The SMILES string of the molecule is C[C@H]1CCCN(c2nc(OC[C@H]3CC[C@@H]4COCCN43)nc3c(F)c(-c4c([C@H]5C[C@H]5CCOC(N)=O)c(Cl)cc5[nH]ncc45)ncc23)C1. The second-order valence-electron chi connectivity index (χ2n) is 13.8. The maximum atomic E-state index is 17.1. The summed E-state index contributed by atoms with van der Waals surface area (Å²) in [7, 11) is 0.